The number of anilines is 1. The molecule has 8 heteroatoms. The number of morpholine rings is 1. The summed E-state index contributed by atoms with van der Waals surface area (Å²) in [5.41, 5.74) is 1.75. The molecule has 0 radical (unpaired) electrons. The second-order valence-electron chi connectivity index (χ2n) is 6.60. The normalized spacial score (nSPS) is 16.7. The molecule has 0 amide bonds. The summed E-state index contributed by atoms with van der Waals surface area (Å²) in [6, 6.07) is 9.62. The maximum atomic E-state index is 6.02. The summed E-state index contributed by atoms with van der Waals surface area (Å²) < 4.78 is 22.6. The van der Waals surface area contributed by atoms with E-state index in [1.54, 1.807) is 27.7 Å². The molecule has 7 nitrogen and oxygen atoms in total. The fourth-order valence-corrected chi connectivity index (χ4v) is 3.75. The van der Waals surface area contributed by atoms with Crippen molar-refractivity contribution in [1.82, 2.24) is 9.97 Å². The Hall–Kier alpha value is -2.77. The molecule has 1 aliphatic rings. The Bertz CT molecular complexity index is 1010. The van der Waals surface area contributed by atoms with Gasteiger partial charge >= 0.3 is 0 Å². The minimum Gasteiger partial charge on any atom is -0.493 e. The van der Waals surface area contributed by atoms with Gasteiger partial charge in [0.2, 0.25) is 5.75 Å². The van der Waals surface area contributed by atoms with Crippen molar-refractivity contribution >= 4 is 28.3 Å². The van der Waals surface area contributed by atoms with E-state index in [-0.39, 0.29) is 6.10 Å². The Labute approximate surface area is 174 Å². The Kier molecular flexibility index (Phi) is 5.60. The Balaban J connectivity index is 1.76. The van der Waals surface area contributed by atoms with Gasteiger partial charge in [0.05, 0.1) is 33.3 Å². The largest absolute Gasteiger partial charge is 0.493 e. The van der Waals surface area contributed by atoms with Crippen molar-refractivity contribution in [2.24, 2.45) is 0 Å². The number of rotatable bonds is 5. The lowest BCUT2D eigenvalue weighted by atomic mass is 10.1. The number of hydrogen-bond donors (Lipinski definition) is 0. The third-order valence-electron chi connectivity index (χ3n) is 5.02. The molecule has 1 unspecified atom stereocenters. The van der Waals surface area contributed by atoms with Crippen LogP contribution < -0.4 is 19.1 Å². The average molecular weight is 416 g/mol. The van der Waals surface area contributed by atoms with Crippen LogP contribution in [0.2, 0.25) is 5.02 Å². The topological polar surface area (TPSA) is 65.9 Å². The van der Waals surface area contributed by atoms with E-state index in [4.69, 9.17) is 30.5 Å². The third kappa shape index (κ3) is 3.63. The lowest BCUT2D eigenvalue weighted by molar-refractivity contribution is 0.0396. The van der Waals surface area contributed by atoms with Gasteiger partial charge in [-0.3, -0.25) is 0 Å². The molecule has 0 spiro atoms. The van der Waals surface area contributed by atoms with Gasteiger partial charge in [0, 0.05) is 18.1 Å². The third-order valence-corrected chi connectivity index (χ3v) is 5.27. The number of aromatic nitrogens is 2. The van der Waals surface area contributed by atoms with Crippen LogP contribution in [-0.2, 0) is 4.74 Å². The zero-order chi connectivity index (χ0) is 20.4. The van der Waals surface area contributed by atoms with Crippen molar-refractivity contribution in [2.75, 3.05) is 45.9 Å². The van der Waals surface area contributed by atoms with Crippen molar-refractivity contribution in [2.45, 2.75) is 6.10 Å². The summed E-state index contributed by atoms with van der Waals surface area (Å²) in [5, 5.41) is 1.54. The highest BCUT2D eigenvalue weighted by Crippen LogP contribution is 2.44. The maximum Gasteiger partial charge on any atom is 0.205 e. The maximum absolute atomic E-state index is 6.02. The predicted octanol–water partition coefficient (Wildman–Crippen LogP) is 3.89. The first-order chi connectivity index (χ1) is 14.2. The standard InChI is InChI=1S/C21H22ClN3O4/c1-26-16-10-15-18(20(28-3)19(16)27-2)23-12-24-21(15)25-8-9-29-17(11-25)13-4-6-14(22)7-5-13/h4-7,10,12,17H,8-9,11H2,1-3H3. The average Bonchev–Trinajstić information content (AvgIpc) is 2.77. The number of fused-ring (bicyclic) bond motifs is 1. The van der Waals surface area contributed by atoms with E-state index in [1.807, 2.05) is 30.3 Å². The quantitative estimate of drug-likeness (QED) is 0.626. The summed E-state index contributed by atoms with van der Waals surface area (Å²) in [6.45, 7) is 1.96. The highest BCUT2D eigenvalue weighted by Gasteiger charge is 2.26. The fourth-order valence-electron chi connectivity index (χ4n) is 3.62. The fraction of sp³-hybridized carbons (Fsp3) is 0.333. The zero-order valence-corrected chi connectivity index (χ0v) is 17.3. The van der Waals surface area contributed by atoms with Crippen LogP contribution in [0.4, 0.5) is 5.82 Å². The summed E-state index contributed by atoms with van der Waals surface area (Å²) in [6.07, 6.45) is 1.46. The summed E-state index contributed by atoms with van der Waals surface area (Å²) in [5.74, 6) is 2.40. The van der Waals surface area contributed by atoms with Gasteiger partial charge in [-0.2, -0.15) is 0 Å². The van der Waals surface area contributed by atoms with Crippen LogP contribution in [0.5, 0.6) is 17.2 Å². The second-order valence-corrected chi connectivity index (χ2v) is 7.03. The van der Waals surface area contributed by atoms with Gasteiger partial charge in [-0.25, -0.2) is 9.97 Å². The van der Waals surface area contributed by atoms with Crippen molar-refractivity contribution in [1.29, 1.82) is 0 Å². The first kappa shape index (κ1) is 19.5. The molecule has 0 saturated carbocycles. The van der Waals surface area contributed by atoms with Gasteiger partial charge in [0.25, 0.3) is 0 Å². The molecule has 0 bridgehead atoms. The van der Waals surface area contributed by atoms with E-state index in [0.717, 1.165) is 16.8 Å². The van der Waals surface area contributed by atoms with Crippen LogP contribution in [0.15, 0.2) is 36.7 Å². The molecule has 3 aromatic rings. The lowest BCUT2D eigenvalue weighted by Crippen LogP contribution is -2.39. The van der Waals surface area contributed by atoms with Crippen LogP contribution in [0.25, 0.3) is 10.9 Å². The van der Waals surface area contributed by atoms with Crippen LogP contribution in [0.3, 0.4) is 0 Å². The minimum absolute atomic E-state index is 0.0759. The molecule has 0 aliphatic carbocycles. The SMILES string of the molecule is COc1cc2c(N3CCOC(c4ccc(Cl)cc4)C3)ncnc2c(OC)c1OC. The molecule has 1 aliphatic heterocycles. The summed E-state index contributed by atoms with van der Waals surface area (Å²) in [7, 11) is 4.76. The number of ether oxygens (including phenoxy) is 4. The van der Waals surface area contributed by atoms with E-state index in [9.17, 15) is 0 Å². The van der Waals surface area contributed by atoms with E-state index in [0.29, 0.717) is 47.5 Å². The van der Waals surface area contributed by atoms with Crippen molar-refractivity contribution in [3.05, 3.63) is 47.2 Å². The summed E-state index contributed by atoms with van der Waals surface area (Å²) in [4.78, 5) is 11.2. The van der Waals surface area contributed by atoms with Crippen molar-refractivity contribution in [3.63, 3.8) is 0 Å². The molecule has 1 fully saturated rings. The molecular weight excluding hydrogens is 394 g/mol. The second kappa shape index (κ2) is 8.31. The first-order valence-electron chi connectivity index (χ1n) is 9.22. The molecule has 4 rings (SSSR count). The molecule has 1 atom stereocenters. The van der Waals surface area contributed by atoms with Gasteiger partial charge in [-0.15, -0.1) is 0 Å². The Morgan fingerprint density at radius 2 is 1.79 bits per heavy atom. The molecule has 152 valence electrons. The van der Waals surface area contributed by atoms with Crippen LogP contribution in [-0.4, -0.2) is 51.0 Å². The number of halogens is 1. The molecule has 2 aromatic carbocycles. The number of hydrogen-bond acceptors (Lipinski definition) is 7. The molecular formula is C21H22ClN3O4. The van der Waals surface area contributed by atoms with Crippen LogP contribution in [0.1, 0.15) is 11.7 Å². The molecule has 1 aromatic heterocycles. The van der Waals surface area contributed by atoms with E-state index >= 15 is 0 Å². The van der Waals surface area contributed by atoms with Crippen molar-refractivity contribution < 1.29 is 18.9 Å². The first-order valence-corrected chi connectivity index (χ1v) is 9.59. The van der Waals surface area contributed by atoms with E-state index in [2.05, 4.69) is 14.9 Å². The minimum atomic E-state index is -0.0759. The van der Waals surface area contributed by atoms with Crippen LogP contribution in [0, 0.1) is 0 Å². The number of nitrogens with zero attached hydrogens (tertiary/aromatic N) is 3. The predicted molar refractivity (Wildman–Crippen MR) is 112 cm³/mol. The molecule has 1 saturated heterocycles. The highest BCUT2D eigenvalue weighted by molar-refractivity contribution is 6.30. The van der Waals surface area contributed by atoms with Gasteiger partial charge in [0.1, 0.15) is 23.8 Å². The Morgan fingerprint density at radius 1 is 1.03 bits per heavy atom. The lowest BCUT2D eigenvalue weighted by Gasteiger charge is -2.34. The van der Waals surface area contributed by atoms with Gasteiger partial charge in [0.15, 0.2) is 11.5 Å². The van der Waals surface area contributed by atoms with Gasteiger partial charge in [-0.05, 0) is 23.8 Å². The monoisotopic (exact) mass is 415 g/mol. The molecule has 2 heterocycles. The molecule has 29 heavy (non-hydrogen) atoms. The van der Waals surface area contributed by atoms with Crippen molar-refractivity contribution in [3.8, 4) is 17.2 Å². The molecule has 0 N–H and O–H groups in total. The van der Waals surface area contributed by atoms with E-state index < -0.39 is 0 Å². The van der Waals surface area contributed by atoms with Crippen LogP contribution >= 0.6 is 11.6 Å². The highest BCUT2D eigenvalue weighted by atomic mass is 35.5. The summed E-state index contributed by atoms with van der Waals surface area (Å²) >= 11 is 6.02. The van der Waals surface area contributed by atoms with E-state index in [1.165, 1.54) is 0 Å². The van der Waals surface area contributed by atoms with Gasteiger partial charge < -0.3 is 23.8 Å². The smallest absolute Gasteiger partial charge is 0.205 e. The number of methoxy groups -OCH3 is 3. The van der Waals surface area contributed by atoms with Gasteiger partial charge in [-0.1, -0.05) is 23.7 Å². The zero-order valence-electron chi connectivity index (χ0n) is 16.5. The number of benzene rings is 2. The Morgan fingerprint density at radius 3 is 2.48 bits per heavy atom.